The van der Waals surface area contributed by atoms with Gasteiger partial charge < -0.3 is 5.11 Å². The van der Waals surface area contributed by atoms with E-state index in [1.165, 1.54) is 11.8 Å². The van der Waals surface area contributed by atoms with Crippen molar-refractivity contribution in [1.29, 1.82) is 0 Å². The van der Waals surface area contributed by atoms with Crippen molar-refractivity contribution in [3.8, 4) is 5.69 Å². The van der Waals surface area contributed by atoms with Gasteiger partial charge in [-0.2, -0.15) is 9.78 Å². The minimum atomic E-state index is -1.16. The Morgan fingerprint density at radius 2 is 1.86 bits per heavy atom. The molecule has 3 rings (SSSR count). The summed E-state index contributed by atoms with van der Waals surface area (Å²) in [4.78, 5) is 25.0. The van der Waals surface area contributed by atoms with Crippen LogP contribution in [0.1, 0.15) is 10.5 Å². The van der Waals surface area contributed by atoms with Gasteiger partial charge in [0.15, 0.2) is 5.69 Å². The summed E-state index contributed by atoms with van der Waals surface area (Å²) in [5, 5.41) is 14.1. The molecule has 3 aromatic rings. The third-order valence-corrected chi connectivity index (χ3v) is 4.03. The molecule has 0 spiro atoms. The van der Waals surface area contributed by atoms with Crippen molar-refractivity contribution >= 4 is 28.5 Å². The minimum absolute atomic E-state index is 0.134. The van der Waals surface area contributed by atoms with Crippen LogP contribution in [-0.2, 0) is 0 Å². The van der Waals surface area contributed by atoms with E-state index >= 15 is 0 Å². The molecular weight excluding hydrogens is 300 g/mol. The molecule has 0 bridgehead atoms. The monoisotopic (exact) mass is 312 g/mol. The molecule has 1 heterocycles. The molecule has 0 radical (unpaired) electrons. The van der Waals surface area contributed by atoms with Crippen molar-refractivity contribution in [2.24, 2.45) is 0 Å². The second-order valence-corrected chi connectivity index (χ2v) is 5.50. The highest BCUT2D eigenvalue weighted by molar-refractivity contribution is 7.98. The van der Waals surface area contributed by atoms with E-state index in [-0.39, 0.29) is 11.3 Å². The first kappa shape index (κ1) is 14.3. The number of carbonyl (C=O) groups is 1. The van der Waals surface area contributed by atoms with E-state index in [9.17, 15) is 14.7 Å². The van der Waals surface area contributed by atoms with E-state index in [2.05, 4.69) is 5.10 Å². The molecule has 6 heteroatoms. The minimum Gasteiger partial charge on any atom is -0.476 e. The van der Waals surface area contributed by atoms with Crippen LogP contribution in [0.3, 0.4) is 0 Å². The van der Waals surface area contributed by atoms with Crippen LogP contribution in [0.4, 0.5) is 0 Å². The lowest BCUT2D eigenvalue weighted by atomic mass is 10.1. The molecule has 0 unspecified atom stereocenters. The zero-order chi connectivity index (χ0) is 15.7. The molecule has 0 aliphatic rings. The number of fused-ring (bicyclic) bond motifs is 1. The highest BCUT2D eigenvalue weighted by atomic mass is 32.2. The normalized spacial score (nSPS) is 10.8. The molecular formula is C16H12N2O3S. The number of nitrogens with zero attached hydrogens (tertiary/aromatic N) is 2. The van der Waals surface area contributed by atoms with Crippen molar-refractivity contribution in [1.82, 2.24) is 9.78 Å². The Morgan fingerprint density at radius 3 is 2.55 bits per heavy atom. The molecule has 0 aliphatic carbocycles. The average Bonchev–Trinajstić information content (AvgIpc) is 2.55. The molecule has 2 aromatic carbocycles. The Balaban J connectivity index is 2.37. The lowest BCUT2D eigenvalue weighted by molar-refractivity contribution is 0.0691. The lowest BCUT2D eigenvalue weighted by Gasteiger charge is -2.09. The van der Waals surface area contributed by atoms with Gasteiger partial charge in [0.1, 0.15) is 0 Å². The number of carboxylic acid groups (broad SMARTS) is 1. The van der Waals surface area contributed by atoms with Crippen LogP contribution in [0, 0.1) is 0 Å². The fourth-order valence-corrected chi connectivity index (χ4v) is 2.72. The molecule has 0 saturated carbocycles. The van der Waals surface area contributed by atoms with Crippen LogP contribution >= 0.6 is 11.8 Å². The Kier molecular flexibility index (Phi) is 3.68. The van der Waals surface area contributed by atoms with Gasteiger partial charge in [-0.15, -0.1) is 11.8 Å². The summed E-state index contributed by atoms with van der Waals surface area (Å²) in [6, 6.07) is 13.9. The number of carboxylic acids is 1. The first-order valence-electron chi connectivity index (χ1n) is 6.51. The van der Waals surface area contributed by atoms with Crippen molar-refractivity contribution in [3.05, 3.63) is 64.6 Å². The number of hydrogen-bond donors (Lipinski definition) is 1. The fourth-order valence-electron chi connectivity index (χ4n) is 2.26. The van der Waals surface area contributed by atoms with Crippen molar-refractivity contribution < 1.29 is 9.90 Å². The zero-order valence-corrected chi connectivity index (χ0v) is 12.5. The lowest BCUT2D eigenvalue weighted by Crippen LogP contribution is -2.24. The number of thioether (sulfide) groups is 1. The highest BCUT2D eigenvalue weighted by Gasteiger charge is 2.16. The maximum atomic E-state index is 12.6. The van der Waals surface area contributed by atoms with Crippen molar-refractivity contribution in [2.45, 2.75) is 4.90 Å². The van der Waals surface area contributed by atoms with Gasteiger partial charge in [-0.1, -0.05) is 24.3 Å². The smallest absolute Gasteiger partial charge is 0.357 e. The van der Waals surface area contributed by atoms with Crippen LogP contribution in [-0.4, -0.2) is 27.1 Å². The van der Waals surface area contributed by atoms with Crippen LogP contribution < -0.4 is 5.56 Å². The van der Waals surface area contributed by atoms with Crippen LogP contribution in [0.2, 0.25) is 0 Å². The van der Waals surface area contributed by atoms with Gasteiger partial charge in [-0.05, 0) is 30.5 Å². The average molecular weight is 312 g/mol. The predicted molar refractivity (Wildman–Crippen MR) is 86.1 cm³/mol. The molecule has 110 valence electrons. The molecule has 0 atom stereocenters. The molecule has 22 heavy (non-hydrogen) atoms. The van der Waals surface area contributed by atoms with E-state index in [1.807, 2.05) is 18.4 Å². The molecule has 0 amide bonds. The van der Waals surface area contributed by atoms with Crippen LogP contribution in [0.5, 0.6) is 0 Å². The fraction of sp³-hybridized carbons (Fsp3) is 0.0625. The topological polar surface area (TPSA) is 72.2 Å². The second-order valence-electron chi connectivity index (χ2n) is 4.62. The highest BCUT2D eigenvalue weighted by Crippen LogP contribution is 2.19. The van der Waals surface area contributed by atoms with Gasteiger partial charge in [-0.25, -0.2) is 4.79 Å². The van der Waals surface area contributed by atoms with E-state index < -0.39 is 5.97 Å². The first-order valence-corrected chi connectivity index (χ1v) is 7.74. The molecule has 5 nitrogen and oxygen atoms in total. The van der Waals surface area contributed by atoms with Gasteiger partial charge >= 0.3 is 5.97 Å². The van der Waals surface area contributed by atoms with Crippen LogP contribution in [0.25, 0.3) is 16.5 Å². The number of rotatable bonds is 3. The van der Waals surface area contributed by atoms with E-state index in [0.29, 0.717) is 16.5 Å². The Labute approximate surface area is 130 Å². The van der Waals surface area contributed by atoms with E-state index in [1.54, 1.807) is 36.4 Å². The maximum Gasteiger partial charge on any atom is 0.357 e. The number of hydrogen-bond acceptors (Lipinski definition) is 4. The third kappa shape index (κ3) is 2.37. The summed E-state index contributed by atoms with van der Waals surface area (Å²) in [5.74, 6) is -1.16. The van der Waals surface area contributed by atoms with Gasteiger partial charge in [0.05, 0.1) is 11.1 Å². The Hall–Kier alpha value is -2.60. The summed E-state index contributed by atoms with van der Waals surface area (Å²) in [7, 11) is 0. The summed E-state index contributed by atoms with van der Waals surface area (Å²) < 4.78 is 1.14. The summed E-state index contributed by atoms with van der Waals surface area (Å²) in [5.41, 5.74) is 0.0775. The number of aromatic carboxylic acids is 1. The van der Waals surface area contributed by atoms with Gasteiger partial charge in [0.2, 0.25) is 0 Å². The third-order valence-electron chi connectivity index (χ3n) is 3.31. The van der Waals surface area contributed by atoms with E-state index in [0.717, 1.165) is 9.58 Å². The largest absolute Gasteiger partial charge is 0.476 e. The molecule has 0 aliphatic heterocycles. The first-order chi connectivity index (χ1) is 10.6. The molecule has 1 N–H and O–H groups in total. The van der Waals surface area contributed by atoms with Crippen molar-refractivity contribution in [2.75, 3.05) is 6.26 Å². The van der Waals surface area contributed by atoms with Gasteiger partial charge in [-0.3, -0.25) is 4.79 Å². The molecule has 0 fully saturated rings. The number of benzene rings is 2. The zero-order valence-electron chi connectivity index (χ0n) is 11.7. The summed E-state index contributed by atoms with van der Waals surface area (Å²) in [6.07, 6.45) is 1.93. The van der Waals surface area contributed by atoms with Crippen molar-refractivity contribution in [3.63, 3.8) is 0 Å². The van der Waals surface area contributed by atoms with Gasteiger partial charge in [0.25, 0.3) is 5.56 Å². The Morgan fingerprint density at radius 1 is 1.14 bits per heavy atom. The predicted octanol–water partition coefficient (Wildman–Crippen LogP) is 2.81. The quantitative estimate of drug-likeness (QED) is 0.753. The summed E-state index contributed by atoms with van der Waals surface area (Å²) in [6.45, 7) is 0. The second kappa shape index (κ2) is 5.65. The SMILES string of the molecule is CSc1cccc(-n2nc(C(=O)O)c3ccccc3c2=O)c1. The standard InChI is InChI=1S/C16H12N2O3S/c1-22-11-6-4-5-10(9-11)18-15(19)13-8-3-2-7-12(13)14(17-18)16(20)21/h2-9H,1H3,(H,20,21). The Bertz CT molecular complexity index is 934. The molecule has 1 aromatic heterocycles. The maximum absolute atomic E-state index is 12.6. The van der Waals surface area contributed by atoms with Crippen LogP contribution in [0.15, 0.2) is 58.2 Å². The van der Waals surface area contributed by atoms with Gasteiger partial charge in [0, 0.05) is 10.3 Å². The molecule has 0 saturated heterocycles. The summed E-state index contributed by atoms with van der Waals surface area (Å²) >= 11 is 1.54. The number of aromatic nitrogens is 2. The van der Waals surface area contributed by atoms with E-state index in [4.69, 9.17) is 0 Å².